The van der Waals surface area contributed by atoms with Crippen LogP contribution < -0.4 is 10.1 Å². The van der Waals surface area contributed by atoms with Crippen LogP contribution in [-0.2, 0) is 22.7 Å². The minimum atomic E-state index is -0.639. The third-order valence-electron chi connectivity index (χ3n) is 7.06. The van der Waals surface area contributed by atoms with E-state index in [9.17, 15) is 4.79 Å². The number of para-hydroxylation sites is 1. The Labute approximate surface area is 213 Å². The fourth-order valence-corrected chi connectivity index (χ4v) is 5.35. The van der Waals surface area contributed by atoms with Gasteiger partial charge in [0.25, 0.3) is 5.91 Å². The lowest BCUT2D eigenvalue weighted by Gasteiger charge is -2.18. The van der Waals surface area contributed by atoms with E-state index in [0.29, 0.717) is 17.3 Å². The summed E-state index contributed by atoms with van der Waals surface area (Å²) in [5, 5.41) is 4.48. The highest BCUT2D eigenvalue weighted by molar-refractivity contribution is 6.31. The number of nitrogens with one attached hydrogen (secondary N) is 1. The summed E-state index contributed by atoms with van der Waals surface area (Å²) in [6.07, 6.45) is 12.6. The molecule has 0 spiro atoms. The van der Waals surface area contributed by atoms with E-state index in [1.54, 1.807) is 24.9 Å². The molecule has 1 saturated heterocycles. The van der Waals surface area contributed by atoms with E-state index < -0.39 is 5.60 Å². The molecule has 1 saturated carbocycles. The first-order valence-electron chi connectivity index (χ1n) is 12.1. The van der Waals surface area contributed by atoms with Gasteiger partial charge in [-0.15, -0.1) is 0 Å². The Morgan fingerprint density at radius 2 is 2.22 bits per heavy atom. The van der Waals surface area contributed by atoms with Crippen molar-refractivity contribution in [3.8, 4) is 11.4 Å². The number of carbonyl (C=O) groups is 1. The van der Waals surface area contributed by atoms with Crippen LogP contribution in [0.1, 0.15) is 42.5 Å². The molecule has 2 fully saturated rings. The molecule has 4 heterocycles. The molecule has 0 radical (unpaired) electrons. The van der Waals surface area contributed by atoms with Crippen LogP contribution in [0.2, 0.25) is 5.02 Å². The van der Waals surface area contributed by atoms with Gasteiger partial charge < -0.3 is 19.4 Å². The first kappa shape index (κ1) is 22.9. The second kappa shape index (κ2) is 9.19. The van der Waals surface area contributed by atoms with Gasteiger partial charge in [-0.25, -0.2) is 9.97 Å². The van der Waals surface area contributed by atoms with Gasteiger partial charge >= 0.3 is 0 Å². The fraction of sp³-hybridized carbons (Fsp3) is 0.333. The van der Waals surface area contributed by atoms with Crippen molar-refractivity contribution in [2.24, 2.45) is 0 Å². The number of fused-ring (bicyclic) bond motifs is 2. The Bertz CT molecular complexity index is 1440. The lowest BCUT2D eigenvalue weighted by molar-refractivity contribution is -0.126. The van der Waals surface area contributed by atoms with Gasteiger partial charge in [-0.05, 0) is 43.9 Å². The average molecular weight is 504 g/mol. The fourth-order valence-electron chi connectivity index (χ4n) is 5.11. The number of aromatic nitrogens is 4. The zero-order valence-electron chi connectivity index (χ0n) is 19.9. The van der Waals surface area contributed by atoms with Crippen LogP contribution in [0.25, 0.3) is 16.6 Å². The molecule has 4 aromatic rings. The largest absolute Gasteiger partial charge is 0.487 e. The number of hydrogen-bond donors (Lipinski definition) is 1. The topological polar surface area (TPSA) is 94.5 Å². The van der Waals surface area contributed by atoms with Gasteiger partial charge in [0.15, 0.2) is 5.60 Å². The standard InChI is InChI=1S/C27H26ClN5O3/c1-17-11-22(33-10-9-29-16-33)19-5-4-6-23(25(19)32-17)35-15-20-18(12-30-14-21(20)28)13-31-26(34)27-8-3-2-7-24(27)36-27/h4-6,9-12,14,16,24H,2-3,7-8,13,15H2,1H3,(H,31,34). The molecule has 1 amide bonds. The summed E-state index contributed by atoms with van der Waals surface area (Å²) in [4.78, 5) is 26.0. The molecule has 2 aliphatic rings. The zero-order valence-corrected chi connectivity index (χ0v) is 20.7. The number of amides is 1. The van der Waals surface area contributed by atoms with Gasteiger partial charge in [-0.3, -0.25) is 9.78 Å². The van der Waals surface area contributed by atoms with Crippen molar-refractivity contribution in [3.05, 3.63) is 77.2 Å². The third-order valence-corrected chi connectivity index (χ3v) is 7.39. The van der Waals surface area contributed by atoms with E-state index in [2.05, 4.69) is 15.3 Å². The number of benzene rings is 1. The number of nitrogens with zero attached hydrogens (tertiary/aromatic N) is 4. The maximum Gasteiger partial charge on any atom is 0.255 e. The molecular weight excluding hydrogens is 478 g/mol. The number of imidazole rings is 1. The normalized spacial score (nSPS) is 20.7. The molecule has 2 atom stereocenters. The lowest BCUT2D eigenvalue weighted by Crippen LogP contribution is -2.40. The Morgan fingerprint density at radius 3 is 3.06 bits per heavy atom. The Kier molecular flexibility index (Phi) is 5.85. The lowest BCUT2D eigenvalue weighted by atomic mass is 9.88. The first-order chi connectivity index (χ1) is 17.5. The third kappa shape index (κ3) is 4.10. The number of hydrogen-bond acceptors (Lipinski definition) is 6. The number of aryl methyl sites for hydroxylation is 1. The van der Waals surface area contributed by atoms with Crippen LogP contribution in [0.15, 0.2) is 55.4 Å². The summed E-state index contributed by atoms with van der Waals surface area (Å²) >= 11 is 6.53. The minimum absolute atomic E-state index is 0.0557. The highest BCUT2D eigenvalue weighted by Crippen LogP contribution is 2.48. The van der Waals surface area contributed by atoms with Crippen LogP contribution in [0.3, 0.4) is 0 Å². The Balaban J connectivity index is 1.23. The molecule has 3 aromatic heterocycles. The summed E-state index contributed by atoms with van der Waals surface area (Å²) in [5.41, 5.74) is 3.56. The first-order valence-corrected chi connectivity index (χ1v) is 12.5. The summed E-state index contributed by atoms with van der Waals surface area (Å²) in [5.74, 6) is 0.593. The van der Waals surface area contributed by atoms with Crippen molar-refractivity contribution in [2.45, 2.75) is 57.5 Å². The van der Waals surface area contributed by atoms with Gasteiger partial charge in [0.05, 0.1) is 23.1 Å². The van der Waals surface area contributed by atoms with Gasteiger partial charge in [-0.1, -0.05) is 30.2 Å². The molecular formula is C27H26ClN5O3. The molecule has 6 rings (SSSR count). The Hall–Kier alpha value is -3.49. The second-order valence-electron chi connectivity index (χ2n) is 9.38. The predicted octanol–water partition coefficient (Wildman–Crippen LogP) is 4.68. The van der Waals surface area contributed by atoms with Crippen molar-refractivity contribution in [2.75, 3.05) is 0 Å². The SMILES string of the molecule is Cc1cc(-n2ccnc2)c2cccc(OCc3c(Cl)cncc3CNC(=O)C34CCCCC3O4)c2n1. The van der Waals surface area contributed by atoms with E-state index >= 15 is 0 Å². The highest BCUT2D eigenvalue weighted by atomic mass is 35.5. The Morgan fingerprint density at radius 1 is 1.31 bits per heavy atom. The van der Waals surface area contributed by atoms with Crippen molar-refractivity contribution in [1.29, 1.82) is 0 Å². The number of epoxide rings is 1. The summed E-state index contributed by atoms with van der Waals surface area (Å²) in [6.45, 7) is 2.48. The number of pyridine rings is 2. The van der Waals surface area contributed by atoms with E-state index in [0.717, 1.165) is 59.1 Å². The van der Waals surface area contributed by atoms with E-state index in [-0.39, 0.29) is 18.6 Å². The van der Waals surface area contributed by atoms with E-state index in [4.69, 9.17) is 26.1 Å². The zero-order chi connectivity index (χ0) is 24.7. The molecule has 1 aliphatic carbocycles. The van der Waals surface area contributed by atoms with Gasteiger partial charge in [0.1, 0.15) is 17.9 Å². The molecule has 0 bridgehead atoms. The van der Waals surface area contributed by atoms with Crippen molar-refractivity contribution < 1.29 is 14.3 Å². The van der Waals surface area contributed by atoms with Gasteiger partial charge in [0.2, 0.25) is 0 Å². The number of carbonyl (C=O) groups excluding carboxylic acids is 1. The number of halogens is 1. The minimum Gasteiger partial charge on any atom is -0.487 e. The van der Waals surface area contributed by atoms with Crippen LogP contribution in [0, 0.1) is 6.92 Å². The maximum atomic E-state index is 12.9. The maximum absolute atomic E-state index is 12.9. The molecule has 1 aromatic carbocycles. The number of ether oxygens (including phenoxy) is 2. The number of rotatable bonds is 7. The highest BCUT2D eigenvalue weighted by Gasteiger charge is 2.62. The average Bonchev–Trinajstić information content (AvgIpc) is 3.40. The van der Waals surface area contributed by atoms with Crippen LogP contribution in [0.5, 0.6) is 5.75 Å². The second-order valence-corrected chi connectivity index (χ2v) is 9.78. The molecule has 2 unspecified atom stereocenters. The predicted molar refractivity (Wildman–Crippen MR) is 135 cm³/mol. The van der Waals surface area contributed by atoms with Crippen LogP contribution in [-0.4, -0.2) is 37.1 Å². The molecule has 36 heavy (non-hydrogen) atoms. The summed E-state index contributed by atoms with van der Waals surface area (Å²) < 4.78 is 14.0. The van der Waals surface area contributed by atoms with Crippen molar-refractivity contribution >= 4 is 28.4 Å². The van der Waals surface area contributed by atoms with E-state index in [1.807, 2.05) is 42.0 Å². The summed E-state index contributed by atoms with van der Waals surface area (Å²) in [7, 11) is 0. The molecule has 9 heteroatoms. The quantitative estimate of drug-likeness (QED) is 0.368. The molecule has 184 valence electrons. The van der Waals surface area contributed by atoms with Crippen LogP contribution in [0.4, 0.5) is 0 Å². The smallest absolute Gasteiger partial charge is 0.255 e. The van der Waals surface area contributed by atoms with Gasteiger partial charge in [0, 0.05) is 48.0 Å². The van der Waals surface area contributed by atoms with Crippen LogP contribution >= 0.6 is 11.6 Å². The van der Waals surface area contributed by atoms with Gasteiger partial charge in [-0.2, -0.15) is 0 Å². The van der Waals surface area contributed by atoms with Crippen molar-refractivity contribution in [3.63, 3.8) is 0 Å². The monoisotopic (exact) mass is 503 g/mol. The molecule has 8 nitrogen and oxygen atoms in total. The van der Waals surface area contributed by atoms with E-state index in [1.165, 1.54) is 0 Å². The molecule has 1 N–H and O–H groups in total. The summed E-state index contributed by atoms with van der Waals surface area (Å²) in [6, 6.07) is 7.88. The van der Waals surface area contributed by atoms with Crippen molar-refractivity contribution in [1.82, 2.24) is 24.8 Å². The molecule has 1 aliphatic heterocycles.